The number of hydrogen-bond donors (Lipinski definition) is 0. The Balaban J connectivity index is 3.13. The molecule has 0 bridgehead atoms. The summed E-state index contributed by atoms with van der Waals surface area (Å²) >= 11 is 0. The Bertz CT molecular complexity index is 337. The Hall–Kier alpha value is -1.33. The van der Waals surface area contributed by atoms with Crippen molar-refractivity contribution in [3.63, 3.8) is 0 Å². The molecule has 70 valence electrons. The van der Waals surface area contributed by atoms with Crippen LogP contribution in [0.15, 0.2) is 18.5 Å². The first-order valence-electron chi connectivity index (χ1n) is 3.57. The number of rotatable bonds is 2. The molecule has 0 spiro atoms. The first kappa shape index (κ1) is 9.76. The third-order valence-corrected chi connectivity index (χ3v) is 1.54. The van der Waals surface area contributed by atoms with Crippen LogP contribution in [0.1, 0.15) is 17.3 Å². The largest absolute Gasteiger partial charge is 0.511 e. The van der Waals surface area contributed by atoms with Gasteiger partial charge in [-0.15, -0.1) is 0 Å². The van der Waals surface area contributed by atoms with Crippen molar-refractivity contribution < 1.29 is 17.7 Å². The summed E-state index contributed by atoms with van der Waals surface area (Å²) in [5, 5.41) is 0. The number of Topliss-reactive ketones (excluding diaryl/α,β-unsaturated/α-hetero) is 1. The van der Waals surface area contributed by atoms with E-state index in [0.29, 0.717) is 6.20 Å². The van der Waals surface area contributed by atoms with Gasteiger partial charge in [0.25, 0.3) is 0 Å². The zero-order valence-corrected chi connectivity index (χ0v) is 6.80. The van der Waals surface area contributed by atoms with E-state index in [9.17, 15) is 17.7 Å². The fraction of sp³-hybridized carbons (Fsp3) is 0.143. The highest BCUT2D eigenvalue weighted by Gasteiger charge is 2.26. The number of carbonyl (C=O) groups excluding carboxylic acids is 1. The molecule has 0 aromatic carbocycles. The van der Waals surface area contributed by atoms with Crippen LogP contribution in [0.2, 0.25) is 0 Å². The van der Waals surface area contributed by atoms with Crippen molar-refractivity contribution in [3.8, 4) is 0 Å². The lowest BCUT2D eigenvalue weighted by atomic mass is 9.81. The van der Waals surface area contributed by atoms with Crippen LogP contribution in [0.25, 0.3) is 0 Å². The number of pyridine rings is 1. The molecule has 0 fully saturated rings. The van der Waals surface area contributed by atoms with E-state index in [1.54, 1.807) is 0 Å². The Morgan fingerprint density at radius 2 is 2.00 bits per heavy atom. The lowest BCUT2D eigenvalue weighted by Gasteiger charge is -2.14. The predicted octanol–water partition coefficient (Wildman–Crippen LogP) is 1.34. The summed E-state index contributed by atoms with van der Waals surface area (Å²) in [6.45, 7) is -3.87. The van der Waals surface area contributed by atoms with Gasteiger partial charge in [-0.1, -0.05) is 11.5 Å². The Morgan fingerprint density at radius 3 is 2.46 bits per heavy atom. The lowest BCUT2D eigenvalue weighted by molar-refractivity contribution is 0.101. The van der Waals surface area contributed by atoms with Gasteiger partial charge < -0.3 is 12.9 Å². The van der Waals surface area contributed by atoms with Gasteiger partial charge in [-0.05, 0) is 13.1 Å². The molecule has 0 aliphatic heterocycles. The van der Waals surface area contributed by atoms with E-state index in [1.807, 2.05) is 0 Å². The fourth-order valence-electron chi connectivity index (χ4n) is 0.829. The van der Waals surface area contributed by atoms with Gasteiger partial charge in [0.15, 0.2) is 5.78 Å². The minimum atomic E-state index is -5.07. The van der Waals surface area contributed by atoms with E-state index in [2.05, 4.69) is 4.98 Å². The Kier molecular flexibility index (Phi) is 2.40. The maximum Gasteiger partial charge on any atom is 0.511 e. The van der Waals surface area contributed by atoms with Crippen molar-refractivity contribution in [2.45, 2.75) is 6.92 Å². The predicted molar refractivity (Wildman–Crippen MR) is 43.0 cm³/mol. The molecule has 0 radical (unpaired) electrons. The average molecular weight is 188 g/mol. The molecule has 0 aliphatic rings. The number of hydrogen-bond acceptors (Lipinski definition) is 2. The second-order valence-corrected chi connectivity index (χ2v) is 2.64. The van der Waals surface area contributed by atoms with E-state index in [-0.39, 0.29) is 5.56 Å². The Morgan fingerprint density at radius 1 is 1.38 bits per heavy atom. The molecular weight excluding hydrogens is 182 g/mol. The zero-order valence-electron chi connectivity index (χ0n) is 6.80. The van der Waals surface area contributed by atoms with E-state index in [1.165, 1.54) is 6.92 Å². The number of ketones is 1. The lowest BCUT2D eigenvalue weighted by Crippen LogP contribution is -2.34. The average Bonchev–Trinajstić information content (AvgIpc) is 2.03. The molecule has 0 saturated heterocycles. The van der Waals surface area contributed by atoms with E-state index in [4.69, 9.17) is 0 Å². The molecular formula is C7H6BF3NO-. The van der Waals surface area contributed by atoms with Crippen molar-refractivity contribution >= 4 is 18.2 Å². The molecule has 1 heterocycles. The maximum absolute atomic E-state index is 12.1. The molecule has 0 amide bonds. The molecule has 0 N–H and O–H groups in total. The minimum absolute atomic E-state index is 0.0169. The molecule has 2 nitrogen and oxygen atoms in total. The first-order valence-corrected chi connectivity index (χ1v) is 3.57. The molecule has 13 heavy (non-hydrogen) atoms. The summed E-state index contributed by atoms with van der Waals surface area (Å²) < 4.78 is 36.4. The monoisotopic (exact) mass is 188 g/mol. The number of nitrogens with zero attached hydrogens (tertiary/aromatic N) is 1. The molecule has 0 aliphatic carbocycles. The van der Waals surface area contributed by atoms with Gasteiger partial charge in [-0.3, -0.25) is 9.78 Å². The van der Waals surface area contributed by atoms with Crippen molar-refractivity contribution in [3.05, 3.63) is 24.0 Å². The highest BCUT2D eigenvalue weighted by Crippen LogP contribution is 2.09. The van der Waals surface area contributed by atoms with Crippen molar-refractivity contribution in [2.75, 3.05) is 0 Å². The second kappa shape index (κ2) is 3.20. The number of carbonyl (C=O) groups is 1. The SMILES string of the molecule is CC(=O)c1cncc([B-](F)(F)F)c1. The second-order valence-electron chi connectivity index (χ2n) is 2.64. The van der Waals surface area contributed by atoms with Crippen molar-refractivity contribution in [1.29, 1.82) is 0 Å². The summed E-state index contributed by atoms with van der Waals surface area (Å²) in [6, 6.07) is 0.815. The normalized spacial score (nSPS) is 11.4. The van der Waals surface area contributed by atoms with Crippen LogP contribution in [-0.4, -0.2) is 17.7 Å². The summed E-state index contributed by atoms with van der Waals surface area (Å²) in [5.41, 5.74) is -0.857. The van der Waals surface area contributed by atoms with Crippen molar-refractivity contribution in [1.82, 2.24) is 4.98 Å². The quantitative estimate of drug-likeness (QED) is 0.517. The zero-order chi connectivity index (χ0) is 10.1. The van der Waals surface area contributed by atoms with Gasteiger partial charge in [-0.25, -0.2) is 0 Å². The highest BCUT2D eigenvalue weighted by atomic mass is 19.4. The third-order valence-electron chi connectivity index (χ3n) is 1.54. The van der Waals surface area contributed by atoms with E-state index < -0.39 is 18.2 Å². The van der Waals surface area contributed by atoms with Crippen LogP contribution < -0.4 is 5.46 Å². The van der Waals surface area contributed by atoms with Crippen LogP contribution in [0.4, 0.5) is 12.9 Å². The van der Waals surface area contributed by atoms with Gasteiger partial charge in [0.05, 0.1) is 0 Å². The first-order chi connectivity index (χ1) is 5.91. The number of halogens is 3. The van der Waals surface area contributed by atoms with Crippen LogP contribution in [0.5, 0.6) is 0 Å². The van der Waals surface area contributed by atoms with Gasteiger partial charge in [0.1, 0.15) is 0 Å². The van der Waals surface area contributed by atoms with E-state index >= 15 is 0 Å². The Labute approximate surface area is 72.8 Å². The van der Waals surface area contributed by atoms with Crippen LogP contribution >= 0.6 is 0 Å². The topological polar surface area (TPSA) is 30.0 Å². The highest BCUT2D eigenvalue weighted by molar-refractivity contribution is 6.73. The molecule has 1 aromatic rings. The molecule has 1 rings (SSSR count). The van der Waals surface area contributed by atoms with Gasteiger partial charge in [0, 0.05) is 11.8 Å². The molecule has 0 unspecified atom stereocenters. The van der Waals surface area contributed by atoms with Gasteiger partial charge in [-0.2, -0.15) is 0 Å². The summed E-state index contributed by atoms with van der Waals surface area (Å²) in [6.07, 6.45) is 1.83. The standard InChI is InChI=1S/C7H6BF3NO/c1-5(13)6-2-7(4-12-3-6)8(9,10)11/h2-4H,1H3/q-1. The van der Waals surface area contributed by atoms with Crippen LogP contribution in [-0.2, 0) is 0 Å². The van der Waals surface area contributed by atoms with Crippen LogP contribution in [0, 0.1) is 0 Å². The molecule has 0 atom stereocenters. The van der Waals surface area contributed by atoms with E-state index in [0.717, 1.165) is 12.3 Å². The van der Waals surface area contributed by atoms with Crippen molar-refractivity contribution in [2.24, 2.45) is 0 Å². The fourth-order valence-corrected chi connectivity index (χ4v) is 0.829. The summed E-state index contributed by atoms with van der Waals surface area (Å²) in [5.74, 6) is -0.422. The molecule has 0 saturated carbocycles. The summed E-state index contributed by atoms with van der Waals surface area (Å²) in [7, 11) is 0. The van der Waals surface area contributed by atoms with Gasteiger partial charge >= 0.3 is 6.98 Å². The third kappa shape index (κ3) is 2.30. The maximum atomic E-state index is 12.1. The van der Waals surface area contributed by atoms with Gasteiger partial charge in [0.2, 0.25) is 0 Å². The summed E-state index contributed by atoms with van der Waals surface area (Å²) in [4.78, 5) is 14.1. The smallest absolute Gasteiger partial charge is 0.445 e. The van der Waals surface area contributed by atoms with Crippen LogP contribution in [0.3, 0.4) is 0 Å². The minimum Gasteiger partial charge on any atom is -0.445 e. The molecule has 6 heteroatoms. The molecule has 1 aromatic heterocycles. The number of aromatic nitrogens is 1.